The maximum absolute atomic E-state index is 11.9. The third-order valence-corrected chi connectivity index (χ3v) is 4.06. The Labute approximate surface area is 118 Å². The number of hydrogen-bond acceptors (Lipinski definition) is 3. The van der Waals surface area contributed by atoms with Crippen LogP contribution in [0.2, 0.25) is 0 Å². The van der Waals surface area contributed by atoms with Crippen molar-refractivity contribution >= 4 is 27.3 Å². The van der Waals surface area contributed by atoms with Gasteiger partial charge in [0.2, 0.25) is 4.74 Å². The van der Waals surface area contributed by atoms with Crippen molar-refractivity contribution in [2.75, 3.05) is 0 Å². The number of hydrogen-bond donors (Lipinski definition) is 0. The normalized spacial score (nSPS) is 11.2. The van der Waals surface area contributed by atoms with Crippen LogP contribution >= 0.6 is 11.3 Å². The predicted molar refractivity (Wildman–Crippen MR) is 82.3 cm³/mol. The van der Waals surface area contributed by atoms with E-state index in [9.17, 15) is 4.79 Å². The van der Waals surface area contributed by atoms with E-state index in [-0.39, 0.29) is 4.74 Å². The molecule has 2 aromatic carbocycles. The van der Waals surface area contributed by atoms with Crippen molar-refractivity contribution in [2.45, 2.75) is 0 Å². The van der Waals surface area contributed by atoms with Crippen LogP contribution in [0.15, 0.2) is 65.5 Å². The lowest BCUT2D eigenvalue weighted by Gasteiger charge is -2.05. The van der Waals surface area contributed by atoms with Crippen LogP contribution in [0.1, 0.15) is 0 Å². The Morgan fingerprint density at radius 3 is 2.55 bits per heavy atom. The largest absolute Gasteiger partial charge is 0.283 e. The van der Waals surface area contributed by atoms with Gasteiger partial charge < -0.3 is 0 Å². The maximum Gasteiger partial charge on any atom is 0.237 e. The first-order chi connectivity index (χ1) is 9.83. The second-order valence-corrected chi connectivity index (χ2v) is 5.51. The van der Waals surface area contributed by atoms with E-state index in [0.29, 0.717) is 0 Å². The fraction of sp³-hybridized carbons (Fsp3) is 0. The van der Waals surface area contributed by atoms with E-state index in [1.165, 1.54) is 11.3 Å². The molecule has 20 heavy (non-hydrogen) atoms. The molecule has 0 unspecified atom stereocenters. The minimum absolute atomic E-state index is 0.0201. The monoisotopic (exact) mass is 278 g/mol. The third kappa shape index (κ3) is 1.66. The Bertz CT molecular complexity index is 970. The second-order valence-electron chi connectivity index (χ2n) is 4.54. The first kappa shape index (κ1) is 11.4. The highest BCUT2D eigenvalue weighted by molar-refractivity contribution is 7.14. The van der Waals surface area contributed by atoms with Crippen molar-refractivity contribution in [3.63, 3.8) is 0 Å². The van der Waals surface area contributed by atoms with Gasteiger partial charge in [-0.05, 0) is 17.7 Å². The predicted octanol–water partition coefficient (Wildman–Crippen LogP) is 3.58. The standard InChI is InChI=1S/C16H10N2OS/c19-15-10-14(11-6-2-1-3-7-11)18-13-9-5-4-8-12(13)17-16(18)20-15/h1-10H. The summed E-state index contributed by atoms with van der Waals surface area (Å²) in [6.07, 6.45) is 0. The highest BCUT2D eigenvalue weighted by Crippen LogP contribution is 2.25. The Morgan fingerprint density at radius 1 is 0.950 bits per heavy atom. The van der Waals surface area contributed by atoms with Gasteiger partial charge in [-0.25, -0.2) is 4.98 Å². The van der Waals surface area contributed by atoms with Gasteiger partial charge in [-0.15, -0.1) is 0 Å². The molecule has 0 amide bonds. The van der Waals surface area contributed by atoms with Crippen LogP contribution < -0.4 is 4.74 Å². The van der Waals surface area contributed by atoms with Gasteiger partial charge in [-0.2, -0.15) is 0 Å². The molecule has 0 bridgehead atoms. The number of rotatable bonds is 1. The van der Waals surface area contributed by atoms with E-state index >= 15 is 0 Å². The topological polar surface area (TPSA) is 34.4 Å². The van der Waals surface area contributed by atoms with Gasteiger partial charge in [-0.3, -0.25) is 9.20 Å². The molecular formula is C16H10N2OS. The summed E-state index contributed by atoms with van der Waals surface area (Å²) < 4.78 is 2.07. The zero-order chi connectivity index (χ0) is 13.5. The highest BCUT2D eigenvalue weighted by atomic mass is 32.1. The summed E-state index contributed by atoms with van der Waals surface area (Å²) in [5.74, 6) is 0. The lowest BCUT2D eigenvalue weighted by Crippen LogP contribution is -1.99. The lowest BCUT2D eigenvalue weighted by atomic mass is 10.1. The summed E-state index contributed by atoms with van der Waals surface area (Å²) in [6.45, 7) is 0. The molecule has 0 N–H and O–H groups in total. The Morgan fingerprint density at radius 2 is 1.70 bits per heavy atom. The number of aromatic nitrogens is 2. The summed E-state index contributed by atoms with van der Waals surface area (Å²) >= 11 is 1.17. The smallest absolute Gasteiger partial charge is 0.237 e. The molecular weight excluding hydrogens is 268 g/mol. The number of benzene rings is 2. The van der Waals surface area contributed by atoms with Crippen molar-refractivity contribution < 1.29 is 0 Å². The highest BCUT2D eigenvalue weighted by Gasteiger charge is 2.11. The van der Waals surface area contributed by atoms with Crippen LogP contribution in [0.3, 0.4) is 0 Å². The molecule has 2 heterocycles. The van der Waals surface area contributed by atoms with Gasteiger partial charge in [0, 0.05) is 6.07 Å². The SMILES string of the molecule is O=c1cc(-c2ccccc2)n2c(nc3ccccc32)s1. The van der Waals surface area contributed by atoms with Crippen molar-refractivity contribution in [3.8, 4) is 11.3 Å². The van der Waals surface area contributed by atoms with Gasteiger partial charge in [-0.1, -0.05) is 53.8 Å². The van der Waals surface area contributed by atoms with E-state index in [2.05, 4.69) is 9.38 Å². The first-order valence-electron chi connectivity index (χ1n) is 6.30. The molecule has 4 heteroatoms. The summed E-state index contributed by atoms with van der Waals surface area (Å²) in [5.41, 5.74) is 3.84. The van der Waals surface area contributed by atoms with Crippen LogP contribution in [0.5, 0.6) is 0 Å². The molecule has 2 aromatic heterocycles. The zero-order valence-corrected chi connectivity index (χ0v) is 11.3. The molecule has 0 saturated carbocycles. The van der Waals surface area contributed by atoms with Crippen LogP contribution in [-0.4, -0.2) is 9.38 Å². The van der Waals surface area contributed by atoms with Gasteiger partial charge in [0.25, 0.3) is 0 Å². The number of fused-ring (bicyclic) bond motifs is 3. The van der Waals surface area contributed by atoms with Gasteiger partial charge in [0.1, 0.15) is 0 Å². The summed E-state index contributed by atoms with van der Waals surface area (Å²) in [4.78, 5) is 17.2. The fourth-order valence-electron chi connectivity index (χ4n) is 2.42. The molecule has 0 aliphatic rings. The van der Waals surface area contributed by atoms with Gasteiger partial charge >= 0.3 is 0 Å². The molecule has 0 aliphatic heterocycles. The molecule has 0 saturated heterocycles. The van der Waals surface area contributed by atoms with Crippen LogP contribution in [0.25, 0.3) is 27.3 Å². The molecule has 0 atom stereocenters. The van der Waals surface area contributed by atoms with Gasteiger partial charge in [0.15, 0.2) is 4.96 Å². The van der Waals surface area contributed by atoms with Crippen molar-refractivity contribution in [1.82, 2.24) is 9.38 Å². The number of para-hydroxylation sites is 2. The summed E-state index contributed by atoms with van der Waals surface area (Å²) in [5, 5.41) is 0. The van der Waals surface area contributed by atoms with E-state index in [0.717, 1.165) is 27.3 Å². The molecule has 3 nitrogen and oxygen atoms in total. The van der Waals surface area contributed by atoms with Crippen LogP contribution in [0.4, 0.5) is 0 Å². The molecule has 96 valence electrons. The minimum atomic E-state index is 0.0201. The average Bonchev–Trinajstić information content (AvgIpc) is 2.85. The minimum Gasteiger partial charge on any atom is -0.283 e. The second kappa shape index (κ2) is 4.28. The van der Waals surface area contributed by atoms with Crippen molar-refractivity contribution in [1.29, 1.82) is 0 Å². The molecule has 0 aliphatic carbocycles. The quantitative estimate of drug-likeness (QED) is 0.533. The van der Waals surface area contributed by atoms with Crippen LogP contribution in [-0.2, 0) is 0 Å². The van der Waals surface area contributed by atoms with Crippen molar-refractivity contribution in [3.05, 3.63) is 70.2 Å². The van der Waals surface area contributed by atoms with E-state index in [4.69, 9.17) is 0 Å². The maximum atomic E-state index is 11.9. The molecule has 4 rings (SSSR count). The Hall–Kier alpha value is -2.46. The molecule has 0 radical (unpaired) electrons. The Kier molecular flexibility index (Phi) is 2.44. The first-order valence-corrected chi connectivity index (χ1v) is 7.11. The number of nitrogens with zero attached hydrogens (tertiary/aromatic N) is 2. The fourth-order valence-corrected chi connectivity index (χ4v) is 3.20. The molecule has 4 aromatic rings. The third-order valence-electron chi connectivity index (χ3n) is 3.29. The summed E-state index contributed by atoms with van der Waals surface area (Å²) in [6, 6.07) is 19.6. The lowest BCUT2D eigenvalue weighted by molar-refractivity contribution is 1.26. The van der Waals surface area contributed by atoms with E-state index < -0.39 is 0 Å². The number of imidazole rings is 1. The summed E-state index contributed by atoms with van der Waals surface area (Å²) in [7, 11) is 0. The molecule has 0 fully saturated rings. The molecule has 0 spiro atoms. The van der Waals surface area contributed by atoms with E-state index in [1.54, 1.807) is 6.07 Å². The zero-order valence-electron chi connectivity index (χ0n) is 10.5. The van der Waals surface area contributed by atoms with Gasteiger partial charge in [0.05, 0.1) is 16.7 Å². The Balaban J connectivity index is 2.22. The van der Waals surface area contributed by atoms with Crippen molar-refractivity contribution in [2.24, 2.45) is 0 Å². The van der Waals surface area contributed by atoms with E-state index in [1.807, 2.05) is 54.6 Å². The van der Waals surface area contributed by atoms with Crippen LogP contribution in [0, 0.1) is 0 Å². The average molecular weight is 278 g/mol.